The Morgan fingerprint density at radius 2 is 1.88 bits per heavy atom. The van der Waals surface area contributed by atoms with E-state index in [9.17, 15) is 14.7 Å². The summed E-state index contributed by atoms with van der Waals surface area (Å²) < 4.78 is 5.49. The van der Waals surface area contributed by atoms with Crippen LogP contribution < -0.4 is 4.74 Å². The third-order valence-electron chi connectivity index (χ3n) is 5.75. The van der Waals surface area contributed by atoms with E-state index >= 15 is 0 Å². The number of benzene rings is 2. The van der Waals surface area contributed by atoms with Crippen LogP contribution in [-0.2, 0) is 9.59 Å². The predicted molar refractivity (Wildman–Crippen MR) is 130 cm³/mol. The molecule has 0 aromatic heterocycles. The molecule has 1 heterocycles. The smallest absolute Gasteiger partial charge is 0.295 e. The fraction of sp³-hybridized carbons (Fsp3) is 0.308. The van der Waals surface area contributed by atoms with Gasteiger partial charge < -0.3 is 19.6 Å². The van der Waals surface area contributed by atoms with Crippen LogP contribution in [0.1, 0.15) is 31.0 Å². The standard InChI is InChI=1S/C26H29ClN2O4/c1-4-16-33-21-12-10-18(11-13-21)24(30)22-23(19-8-7-9-20(27)17-19)29(26(32)25(22)31)15-14-28(5-2)6-3/h4,7-13,17,23,30H,1,5-6,14-16H2,2-3H3/t23-/m0/s1. The largest absolute Gasteiger partial charge is 0.507 e. The molecule has 1 saturated heterocycles. The second-order valence-corrected chi connectivity index (χ2v) is 8.13. The van der Waals surface area contributed by atoms with Gasteiger partial charge in [-0.2, -0.15) is 0 Å². The number of carbonyl (C=O) groups is 2. The maximum Gasteiger partial charge on any atom is 0.295 e. The number of hydrogen-bond donors (Lipinski definition) is 1. The van der Waals surface area contributed by atoms with Crippen molar-refractivity contribution in [2.45, 2.75) is 19.9 Å². The molecule has 1 N–H and O–H groups in total. The maximum atomic E-state index is 13.1. The normalized spacial score (nSPS) is 17.6. The second-order valence-electron chi connectivity index (χ2n) is 7.70. The van der Waals surface area contributed by atoms with E-state index in [1.807, 2.05) is 6.07 Å². The van der Waals surface area contributed by atoms with Crippen molar-refractivity contribution >= 4 is 29.1 Å². The minimum atomic E-state index is -0.726. The fourth-order valence-corrected chi connectivity index (χ4v) is 4.14. The zero-order chi connectivity index (χ0) is 24.0. The Balaban J connectivity index is 2.04. The second kappa shape index (κ2) is 11.2. The van der Waals surface area contributed by atoms with Crippen molar-refractivity contribution in [3.63, 3.8) is 0 Å². The van der Waals surface area contributed by atoms with Crippen molar-refractivity contribution in [3.8, 4) is 5.75 Å². The molecule has 2 aromatic carbocycles. The van der Waals surface area contributed by atoms with Gasteiger partial charge >= 0.3 is 0 Å². The van der Waals surface area contributed by atoms with Crippen molar-refractivity contribution in [2.24, 2.45) is 0 Å². The highest BCUT2D eigenvalue weighted by molar-refractivity contribution is 6.46. The Morgan fingerprint density at radius 1 is 1.18 bits per heavy atom. The summed E-state index contributed by atoms with van der Waals surface area (Å²) in [5.41, 5.74) is 1.16. The minimum Gasteiger partial charge on any atom is -0.507 e. The van der Waals surface area contributed by atoms with Crippen LogP contribution in [0, 0.1) is 0 Å². The molecule has 0 unspecified atom stereocenters. The highest BCUT2D eigenvalue weighted by Crippen LogP contribution is 2.40. The van der Waals surface area contributed by atoms with Gasteiger partial charge in [-0.15, -0.1) is 0 Å². The van der Waals surface area contributed by atoms with Gasteiger partial charge in [0.25, 0.3) is 11.7 Å². The van der Waals surface area contributed by atoms with E-state index in [0.29, 0.717) is 41.6 Å². The molecule has 0 spiro atoms. The van der Waals surface area contributed by atoms with E-state index in [0.717, 1.165) is 13.1 Å². The lowest BCUT2D eigenvalue weighted by Crippen LogP contribution is -2.38. The van der Waals surface area contributed by atoms with Crippen LogP contribution in [0.5, 0.6) is 5.75 Å². The van der Waals surface area contributed by atoms with Gasteiger partial charge in [0.15, 0.2) is 0 Å². The number of likely N-dealkylation sites (N-methyl/N-ethyl adjacent to an activating group) is 1. The van der Waals surface area contributed by atoms with Gasteiger partial charge in [-0.1, -0.05) is 50.2 Å². The van der Waals surface area contributed by atoms with E-state index < -0.39 is 17.7 Å². The lowest BCUT2D eigenvalue weighted by molar-refractivity contribution is -0.140. The number of halogens is 1. The van der Waals surface area contributed by atoms with Crippen LogP contribution in [0.4, 0.5) is 0 Å². The summed E-state index contributed by atoms with van der Waals surface area (Å²) in [6.07, 6.45) is 1.64. The minimum absolute atomic E-state index is 0.0570. The summed E-state index contributed by atoms with van der Waals surface area (Å²) in [5.74, 6) is -0.944. The number of ketones is 1. The molecule has 0 bridgehead atoms. The molecule has 1 aliphatic rings. The molecule has 0 radical (unpaired) electrons. The third-order valence-corrected chi connectivity index (χ3v) is 5.99. The Bertz CT molecular complexity index is 1040. The predicted octanol–water partition coefficient (Wildman–Crippen LogP) is 4.67. The number of hydrogen-bond acceptors (Lipinski definition) is 5. The zero-order valence-corrected chi connectivity index (χ0v) is 19.7. The van der Waals surface area contributed by atoms with Gasteiger partial charge in [0, 0.05) is 23.7 Å². The van der Waals surface area contributed by atoms with Gasteiger partial charge in [-0.3, -0.25) is 9.59 Å². The topological polar surface area (TPSA) is 70.1 Å². The van der Waals surface area contributed by atoms with Gasteiger partial charge in [-0.05, 0) is 55.1 Å². The van der Waals surface area contributed by atoms with Crippen molar-refractivity contribution < 1.29 is 19.4 Å². The van der Waals surface area contributed by atoms with Crippen LogP contribution in [0.2, 0.25) is 5.02 Å². The first-order valence-corrected chi connectivity index (χ1v) is 11.4. The molecule has 1 atom stereocenters. The number of amides is 1. The molecule has 1 aliphatic heterocycles. The molecular weight excluding hydrogens is 440 g/mol. The summed E-state index contributed by atoms with van der Waals surface area (Å²) in [7, 11) is 0. The summed E-state index contributed by atoms with van der Waals surface area (Å²) >= 11 is 6.22. The molecule has 1 fully saturated rings. The number of aliphatic hydroxyl groups is 1. The SMILES string of the molecule is C=CCOc1ccc(C(O)=C2C(=O)C(=O)N(CCN(CC)CC)[C@H]2c2cccc(Cl)c2)cc1. The maximum absolute atomic E-state index is 13.1. The van der Waals surface area contributed by atoms with Crippen LogP contribution in [0.15, 0.2) is 66.8 Å². The average molecular weight is 469 g/mol. The van der Waals surface area contributed by atoms with Gasteiger partial charge in [0.2, 0.25) is 0 Å². The van der Waals surface area contributed by atoms with E-state index in [4.69, 9.17) is 16.3 Å². The zero-order valence-electron chi connectivity index (χ0n) is 19.0. The first-order chi connectivity index (χ1) is 15.9. The summed E-state index contributed by atoms with van der Waals surface area (Å²) in [5, 5.41) is 11.6. The van der Waals surface area contributed by atoms with Crippen molar-refractivity contribution in [1.29, 1.82) is 0 Å². The van der Waals surface area contributed by atoms with Gasteiger partial charge in [-0.25, -0.2) is 0 Å². The molecule has 3 rings (SSSR count). The monoisotopic (exact) mass is 468 g/mol. The first-order valence-electron chi connectivity index (χ1n) is 11.0. The van der Waals surface area contributed by atoms with Gasteiger partial charge in [0.05, 0.1) is 11.6 Å². The molecular formula is C26H29ClN2O4. The lowest BCUT2D eigenvalue weighted by atomic mass is 9.95. The Morgan fingerprint density at radius 3 is 2.48 bits per heavy atom. The van der Waals surface area contributed by atoms with Crippen molar-refractivity contribution in [1.82, 2.24) is 9.80 Å². The molecule has 174 valence electrons. The van der Waals surface area contributed by atoms with Gasteiger partial charge in [0.1, 0.15) is 18.1 Å². The van der Waals surface area contributed by atoms with E-state index in [1.54, 1.807) is 48.5 Å². The van der Waals surface area contributed by atoms with E-state index in [2.05, 4.69) is 25.3 Å². The highest BCUT2D eigenvalue weighted by atomic mass is 35.5. The average Bonchev–Trinajstić information content (AvgIpc) is 3.08. The molecule has 2 aromatic rings. The molecule has 33 heavy (non-hydrogen) atoms. The van der Waals surface area contributed by atoms with Crippen molar-refractivity contribution in [3.05, 3.63) is 82.9 Å². The Kier molecular flexibility index (Phi) is 8.31. The number of nitrogens with zero attached hydrogens (tertiary/aromatic N) is 2. The summed E-state index contributed by atoms with van der Waals surface area (Å²) in [6.45, 7) is 10.7. The Labute approximate surface area is 199 Å². The fourth-order valence-electron chi connectivity index (χ4n) is 3.94. The number of likely N-dealkylation sites (tertiary alicyclic amines) is 1. The summed E-state index contributed by atoms with van der Waals surface area (Å²) in [4.78, 5) is 29.8. The molecule has 1 amide bonds. The molecule has 0 aliphatic carbocycles. The number of carbonyl (C=O) groups excluding carboxylic acids is 2. The van der Waals surface area contributed by atoms with Crippen LogP contribution in [0.3, 0.4) is 0 Å². The first kappa shape index (κ1) is 24.6. The number of ether oxygens (including phenoxy) is 1. The molecule has 0 saturated carbocycles. The highest BCUT2D eigenvalue weighted by Gasteiger charge is 2.46. The molecule has 7 heteroatoms. The Hall–Kier alpha value is -3.09. The number of rotatable bonds is 10. The third kappa shape index (κ3) is 5.46. The van der Waals surface area contributed by atoms with E-state index in [1.165, 1.54) is 4.90 Å². The van der Waals surface area contributed by atoms with Crippen LogP contribution >= 0.6 is 11.6 Å². The van der Waals surface area contributed by atoms with Crippen molar-refractivity contribution in [2.75, 3.05) is 32.8 Å². The van der Waals surface area contributed by atoms with E-state index in [-0.39, 0.29) is 11.3 Å². The van der Waals surface area contributed by atoms with Crippen LogP contribution in [0.25, 0.3) is 5.76 Å². The lowest BCUT2D eigenvalue weighted by Gasteiger charge is -2.28. The van der Waals surface area contributed by atoms with Crippen LogP contribution in [-0.4, -0.2) is 59.4 Å². The quantitative estimate of drug-likeness (QED) is 0.237. The number of aliphatic hydroxyl groups excluding tert-OH is 1. The number of Topliss-reactive ketones (excluding diaryl/α,β-unsaturated/α-hetero) is 1. The molecule has 6 nitrogen and oxygen atoms in total. The summed E-state index contributed by atoms with van der Waals surface area (Å²) in [6, 6.07) is 13.0.